The molecule has 16 heavy (non-hydrogen) atoms. The molecule has 0 saturated heterocycles. The highest BCUT2D eigenvalue weighted by Crippen LogP contribution is 2.26. The van der Waals surface area contributed by atoms with Gasteiger partial charge in [-0.3, -0.25) is 4.98 Å². The van der Waals surface area contributed by atoms with Gasteiger partial charge in [0, 0.05) is 22.7 Å². The Morgan fingerprint density at radius 3 is 2.31 bits per heavy atom. The van der Waals surface area contributed by atoms with Gasteiger partial charge in [0.15, 0.2) is 0 Å². The second-order valence-electron chi connectivity index (χ2n) is 5.62. The van der Waals surface area contributed by atoms with E-state index in [1.54, 1.807) is 0 Å². The number of aryl methyl sites for hydroxylation is 2. The fraction of sp³-hybridized carbons (Fsp3) is 0.400. The van der Waals surface area contributed by atoms with E-state index in [1.165, 1.54) is 21.9 Å². The molecule has 0 bridgehead atoms. The first-order valence-corrected chi connectivity index (χ1v) is 5.75. The topological polar surface area (TPSA) is 12.9 Å². The summed E-state index contributed by atoms with van der Waals surface area (Å²) in [6.07, 6.45) is 2.00. The summed E-state index contributed by atoms with van der Waals surface area (Å²) in [7, 11) is 0. The van der Waals surface area contributed by atoms with Crippen molar-refractivity contribution in [3.05, 3.63) is 41.2 Å². The Morgan fingerprint density at radius 1 is 1.00 bits per heavy atom. The van der Waals surface area contributed by atoms with Crippen molar-refractivity contribution in [3.8, 4) is 0 Å². The highest BCUT2D eigenvalue weighted by atomic mass is 14.7. The largest absolute Gasteiger partial charge is 0.260 e. The van der Waals surface area contributed by atoms with Crippen LogP contribution in [-0.2, 0) is 5.41 Å². The zero-order chi connectivity index (χ0) is 11.9. The fourth-order valence-electron chi connectivity index (χ4n) is 2.04. The first kappa shape index (κ1) is 11.1. The normalized spacial score (nSPS) is 12.1. The summed E-state index contributed by atoms with van der Waals surface area (Å²) in [4.78, 5) is 4.57. The number of hydrogen-bond donors (Lipinski definition) is 0. The maximum atomic E-state index is 4.57. The van der Waals surface area contributed by atoms with E-state index in [9.17, 15) is 0 Å². The van der Waals surface area contributed by atoms with Gasteiger partial charge in [0.25, 0.3) is 0 Å². The van der Waals surface area contributed by atoms with Crippen LogP contribution in [0.25, 0.3) is 10.8 Å². The maximum absolute atomic E-state index is 4.57. The predicted octanol–water partition coefficient (Wildman–Crippen LogP) is 4.15. The van der Waals surface area contributed by atoms with Gasteiger partial charge in [0.05, 0.1) is 0 Å². The predicted molar refractivity (Wildman–Crippen MR) is 69.9 cm³/mol. The average Bonchev–Trinajstić information content (AvgIpc) is 2.15. The molecule has 0 spiro atoms. The molecule has 0 radical (unpaired) electrons. The van der Waals surface area contributed by atoms with E-state index in [0.717, 1.165) is 5.69 Å². The molecule has 1 heteroatoms. The van der Waals surface area contributed by atoms with Crippen molar-refractivity contribution in [1.29, 1.82) is 0 Å². The molecule has 0 unspecified atom stereocenters. The Bertz CT molecular complexity index is 533. The number of nitrogens with zero attached hydrogens (tertiary/aromatic N) is 1. The summed E-state index contributed by atoms with van der Waals surface area (Å²) in [5.41, 5.74) is 3.90. The van der Waals surface area contributed by atoms with Crippen LogP contribution in [0.1, 0.15) is 37.6 Å². The van der Waals surface area contributed by atoms with Gasteiger partial charge in [-0.25, -0.2) is 0 Å². The van der Waals surface area contributed by atoms with Crippen LogP contribution in [0.3, 0.4) is 0 Å². The van der Waals surface area contributed by atoms with Gasteiger partial charge in [-0.1, -0.05) is 38.5 Å². The van der Waals surface area contributed by atoms with E-state index in [2.05, 4.69) is 57.8 Å². The first-order valence-electron chi connectivity index (χ1n) is 5.75. The van der Waals surface area contributed by atoms with E-state index in [1.807, 2.05) is 6.20 Å². The summed E-state index contributed by atoms with van der Waals surface area (Å²) >= 11 is 0. The smallest absolute Gasteiger partial charge is 0.0463 e. The number of rotatable bonds is 0. The summed E-state index contributed by atoms with van der Waals surface area (Å²) in [6.45, 7) is 10.9. The molecule has 1 nitrogen and oxygen atoms in total. The lowest BCUT2D eigenvalue weighted by Crippen LogP contribution is -2.13. The standard InChI is InChI=1S/C15H19N/c1-10-6-11(2)13-9-16-14(15(3,4)5)8-12(13)7-10/h6-9H,1-5H3. The van der Waals surface area contributed by atoms with Crippen LogP contribution < -0.4 is 0 Å². The molecule has 0 amide bonds. The molecule has 84 valence electrons. The second kappa shape index (κ2) is 3.58. The molecular formula is C15H19N. The van der Waals surface area contributed by atoms with Crippen LogP contribution in [0.4, 0.5) is 0 Å². The summed E-state index contributed by atoms with van der Waals surface area (Å²) in [5.74, 6) is 0. The number of pyridine rings is 1. The SMILES string of the molecule is Cc1cc(C)c2cnc(C(C)(C)C)cc2c1. The van der Waals surface area contributed by atoms with Gasteiger partial charge in [0.2, 0.25) is 0 Å². The van der Waals surface area contributed by atoms with Gasteiger partial charge in [-0.2, -0.15) is 0 Å². The zero-order valence-electron chi connectivity index (χ0n) is 10.8. The minimum atomic E-state index is 0.117. The Hall–Kier alpha value is -1.37. The molecule has 2 aromatic rings. The minimum absolute atomic E-state index is 0.117. The van der Waals surface area contributed by atoms with Crippen LogP contribution in [0.5, 0.6) is 0 Å². The summed E-state index contributed by atoms with van der Waals surface area (Å²) in [6, 6.07) is 6.66. The average molecular weight is 213 g/mol. The molecule has 0 atom stereocenters. The van der Waals surface area contributed by atoms with Crippen LogP contribution in [-0.4, -0.2) is 4.98 Å². The van der Waals surface area contributed by atoms with E-state index in [4.69, 9.17) is 0 Å². The molecule has 0 fully saturated rings. The Labute approximate surface area is 97.5 Å². The number of aromatic nitrogens is 1. The number of benzene rings is 1. The van der Waals surface area contributed by atoms with Gasteiger partial charge in [-0.05, 0) is 30.9 Å². The highest BCUT2D eigenvalue weighted by Gasteiger charge is 2.15. The lowest BCUT2D eigenvalue weighted by atomic mass is 9.90. The fourth-order valence-corrected chi connectivity index (χ4v) is 2.04. The third-order valence-electron chi connectivity index (χ3n) is 2.96. The van der Waals surface area contributed by atoms with Gasteiger partial charge in [0.1, 0.15) is 0 Å². The van der Waals surface area contributed by atoms with Crippen LogP contribution in [0.15, 0.2) is 24.4 Å². The quantitative estimate of drug-likeness (QED) is 0.640. The van der Waals surface area contributed by atoms with Gasteiger partial charge < -0.3 is 0 Å². The molecule has 1 aromatic heterocycles. The van der Waals surface area contributed by atoms with Crippen molar-refractivity contribution in [3.63, 3.8) is 0 Å². The molecule has 1 aromatic carbocycles. The first-order chi connectivity index (χ1) is 7.38. The van der Waals surface area contributed by atoms with E-state index in [-0.39, 0.29) is 5.41 Å². The number of hydrogen-bond acceptors (Lipinski definition) is 1. The zero-order valence-corrected chi connectivity index (χ0v) is 10.8. The lowest BCUT2D eigenvalue weighted by Gasteiger charge is -2.18. The van der Waals surface area contributed by atoms with Gasteiger partial charge >= 0.3 is 0 Å². The maximum Gasteiger partial charge on any atom is 0.0463 e. The molecule has 2 rings (SSSR count). The molecular weight excluding hydrogens is 194 g/mol. The van der Waals surface area contributed by atoms with Crippen molar-refractivity contribution in [2.24, 2.45) is 0 Å². The molecule has 0 N–H and O–H groups in total. The van der Waals surface area contributed by atoms with Crippen molar-refractivity contribution in [2.45, 2.75) is 40.0 Å². The minimum Gasteiger partial charge on any atom is -0.260 e. The number of fused-ring (bicyclic) bond motifs is 1. The summed E-state index contributed by atoms with van der Waals surface area (Å²) < 4.78 is 0. The Balaban J connectivity index is 2.71. The molecule has 0 aliphatic rings. The molecule has 0 aliphatic carbocycles. The van der Waals surface area contributed by atoms with Gasteiger partial charge in [-0.15, -0.1) is 0 Å². The third kappa shape index (κ3) is 1.95. The van der Waals surface area contributed by atoms with Crippen molar-refractivity contribution in [1.82, 2.24) is 4.98 Å². The van der Waals surface area contributed by atoms with Crippen LogP contribution in [0, 0.1) is 13.8 Å². The summed E-state index contributed by atoms with van der Waals surface area (Å²) in [5, 5.41) is 2.57. The Morgan fingerprint density at radius 2 is 1.69 bits per heavy atom. The van der Waals surface area contributed by atoms with E-state index < -0.39 is 0 Å². The van der Waals surface area contributed by atoms with E-state index in [0.29, 0.717) is 0 Å². The van der Waals surface area contributed by atoms with Crippen molar-refractivity contribution in [2.75, 3.05) is 0 Å². The monoisotopic (exact) mass is 213 g/mol. The van der Waals surface area contributed by atoms with Crippen molar-refractivity contribution >= 4 is 10.8 Å². The van der Waals surface area contributed by atoms with E-state index >= 15 is 0 Å². The molecule has 1 heterocycles. The van der Waals surface area contributed by atoms with Crippen molar-refractivity contribution < 1.29 is 0 Å². The Kier molecular flexibility index (Phi) is 2.49. The van der Waals surface area contributed by atoms with Crippen LogP contribution >= 0.6 is 0 Å². The molecule has 0 aliphatic heterocycles. The highest BCUT2D eigenvalue weighted by molar-refractivity contribution is 5.85. The lowest BCUT2D eigenvalue weighted by molar-refractivity contribution is 0.570. The molecule has 0 saturated carbocycles. The second-order valence-corrected chi connectivity index (χ2v) is 5.62. The third-order valence-corrected chi connectivity index (χ3v) is 2.96. The van der Waals surface area contributed by atoms with Crippen LogP contribution in [0.2, 0.25) is 0 Å².